The summed E-state index contributed by atoms with van der Waals surface area (Å²) in [5.41, 5.74) is 7.06. The Bertz CT molecular complexity index is 351. The van der Waals surface area contributed by atoms with Crippen molar-refractivity contribution in [3.05, 3.63) is 26.6 Å². The largest absolute Gasteiger partial charge is 0.381 e. The van der Waals surface area contributed by atoms with Crippen LogP contribution in [0.5, 0.6) is 0 Å². The predicted molar refractivity (Wildman–Crippen MR) is 87.2 cm³/mol. The summed E-state index contributed by atoms with van der Waals surface area (Å²) in [5.74, 6) is 0. The number of rotatable bonds is 2. The lowest BCUT2D eigenvalue weighted by Crippen LogP contribution is -2.22. The lowest BCUT2D eigenvalue weighted by molar-refractivity contribution is 0.462. The second-order valence-electron chi connectivity index (χ2n) is 4.56. The number of hydrogen-bond acceptors (Lipinski definition) is 2. The first-order chi connectivity index (χ1) is 8.66. The smallest absolute Gasteiger partial charge is 0.0517 e. The van der Waals surface area contributed by atoms with Crippen LogP contribution in [0.1, 0.15) is 37.7 Å². The molecule has 2 nitrogen and oxygen atoms in total. The number of anilines is 1. The van der Waals surface area contributed by atoms with Crippen molar-refractivity contribution in [3.63, 3.8) is 0 Å². The van der Waals surface area contributed by atoms with Crippen LogP contribution in [0.4, 0.5) is 5.69 Å². The van der Waals surface area contributed by atoms with Gasteiger partial charge in [-0.05, 0) is 60.4 Å². The highest BCUT2D eigenvalue weighted by molar-refractivity contribution is 9.11. The topological polar surface area (TPSA) is 38.0 Å². The lowest BCUT2D eigenvalue weighted by atomic mass is 9.95. The van der Waals surface area contributed by atoms with Gasteiger partial charge >= 0.3 is 0 Å². The molecule has 1 aromatic carbocycles. The second-order valence-corrected chi connectivity index (χ2v) is 6.33. The highest BCUT2D eigenvalue weighted by atomic mass is 79.9. The normalized spacial score (nSPS) is 15.8. The van der Waals surface area contributed by atoms with Crippen molar-refractivity contribution >= 4 is 37.5 Å². The summed E-state index contributed by atoms with van der Waals surface area (Å²) in [6.07, 6.45) is 6.75. The first-order valence-corrected chi connectivity index (χ1v) is 8.05. The molecule has 0 radical (unpaired) electrons. The molecule has 18 heavy (non-hydrogen) atoms. The third-order valence-corrected chi connectivity index (χ3v) is 4.29. The van der Waals surface area contributed by atoms with Crippen LogP contribution in [0, 0.1) is 6.92 Å². The number of nitrogens with one attached hydrogen (secondary N) is 1. The van der Waals surface area contributed by atoms with E-state index < -0.39 is 0 Å². The number of nitrogens with two attached hydrogens (primary N) is 1. The van der Waals surface area contributed by atoms with E-state index in [4.69, 9.17) is 0 Å². The van der Waals surface area contributed by atoms with E-state index in [1.165, 1.54) is 50.4 Å². The van der Waals surface area contributed by atoms with Crippen LogP contribution < -0.4 is 11.1 Å². The van der Waals surface area contributed by atoms with Gasteiger partial charge in [0.25, 0.3) is 0 Å². The molecule has 0 atom stereocenters. The molecule has 0 saturated heterocycles. The molecule has 0 bridgehead atoms. The third kappa shape index (κ3) is 4.56. The number of aryl methyl sites for hydroxylation is 1. The average Bonchev–Trinajstić information content (AvgIpc) is 2.37. The summed E-state index contributed by atoms with van der Waals surface area (Å²) in [4.78, 5) is 0. The van der Waals surface area contributed by atoms with Gasteiger partial charge in [0.15, 0.2) is 0 Å². The van der Waals surface area contributed by atoms with E-state index in [0.29, 0.717) is 6.04 Å². The molecule has 0 unspecified atom stereocenters. The van der Waals surface area contributed by atoms with E-state index >= 15 is 0 Å². The van der Waals surface area contributed by atoms with Crippen LogP contribution in [0.25, 0.3) is 0 Å². The predicted octanol–water partition coefficient (Wildman–Crippen LogP) is 4.84. The standard InChI is InChI=1S/C13H17Br2N.CH5N/c1-9-7-10(14)8-12(15)13(9)16-11-5-3-2-4-6-11;1-2/h7-8,11,16H,2-6H2,1H3;2H2,1H3. The van der Waals surface area contributed by atoms with E-state index in [0.717, 1.165) is 8.95 Å². The Labute approximate surface area is 127 Å². The van der Waals surface area contributed by atoms with Crippen molar-refractivity contribution < 1.29 is 0 Å². The molecular weight excluding hydrogens is 356 g/mol. The van der Waals surface area contributed by atoms with Crippen LogP contribution >= 0.6 is 31.9 Å². The van der Waals surface area contributed by atoms with Crippen molar-refractivity contribution in [2.45, 2.75) is 45.1 Å². The zero-order chi connectivity index (χ0) is 13.5. The minimum absolute atomic E-state index is 0.657. The van der Waals surface area contributed by atoms with Crippen molar-refractivity contribution in [1.29, 1.82) is 0 Å². The maximum atomic E-state index is 4.50. The fourth-order valence-corrected chi connectivity index (χ4v) is 3.89. The summed E-state index contributed by atoms with van der Waals surface area (Å²) in [6.45, 7) is 2.15. The first kappa shape index (κ1) is 16.0. The number of benzene rings is 1. The molecule has 1 aliphatic carbocycles. The molecule has 0 aliphatic heterocycles. The Morgan fingerprint density at radius 3 is 2.28 bits per heavy atom. The van der Waals surface area contributed by atoms with Gasteiger partial charge in [-0.15, -0.1) is 0 Å². The van der Waals surface area contributed by atoms with E-state index in [9.17, 15) is 0 Å². The zero-order valence-electron chi connectivity index (χ0n) is 11.1. The van der Waals surface area contributed by atoms with Crippen LogP contribution in [0.15, 0.2) is 21.1 Å². The minimum atomic E-state index is 0.657. The van der Waals surface area contributed by atoms with E-state index in [1.807, 2.05) is 0 Å². The van der Waals surface area contributed by atoms with Crippen LogP contribution in [-0.4, -0.2) is 13.1 Å². The summed E-state index contributed by atoms with van der Waals surface area (Å²) >= 11 is 7.15. The number of hydrogen-bond donors (Lipinski definition) is 2. The summed E-state index contributed by atoms with van der Waals surface area (Å²) in [7, 11) is 1.50. The van der Waals surface area contributed by atoms with Gasteiger partial charge in [-0.2, -0.15) is 0 Å². The minimum Gasteiger partial charge on any atom is -0.381 e. The third-order valence-electron chi connectivity index (χ3n) is 3.21. The molecule has 1 saturated carbocycles. The quantitative estimate of drug-likeness (QED) is 0.773. The summed E-state index contributed by atoms with van der Waals surface area (Å²) in [6, 6.07) is 4.93. The Morgan fingerprint density at radius 1 is 1.11 bits per heavy atom. The SMILES string of the molecule is CN.Cc1cc(Br)cc(Br)c1NC1CCCCC1. The molecular formula is C14H22Br2N2. The molecule has 1 aliphatic rings. The highest BCUT2D eigenvalue weighted by Gasteiger charge is 2.15. The van der Waals surface area contributed by atoms with E-state index in [-0.39, 0.29) is 0 Å². The van der Waals surface area contributed by atoms with Crippen molar-refractivity contribution in [1.82, 2.24) is 0 Å². The molecule has 0 amide bonds. The van der Waals surface area contributed by atoms with Crippen LogP contribution in [-0.2, 0) is 0 Å². The molecule has 2 rings (SSSR count). The second kappa shape index (κ2) is 8.18. The fourth-order valence-electron chi connectivity index (χ4n) is 2.34. The van der Waals surface area contributed by atoms with Crippen LogP contribution in [0.2, 0.25) is 0 Å². The molecule has 0 heterocycles. The molecule has 4 heteroatoms. The molecule has 0 aromatic heterocycles. The van der Waals surface area contributed by atoms with Gasteiger partial charge in [0.1, 0.15) is 0 Å². The molecule has 102 valence electrons. The Hall–Kier alpha value is -0.0600. The summed E-state index contributed by atoms with van der Waals surface area (Å²) < 4.78 is 2.29. The van der Waals surface area contributed by atoms with Crippen LogP contribution in [0.3, 0.4) is 0 Å². The molecule has 0 spiro atoms. The van der Waals surface area contributed by atoms with Gasteiger partial charge in [0, 0.05) is 15.0 Å². The monoisotopic (exact) mass is 376 g/mol. The van der Waals surface area contributed by atoms with E-state index in [2.05, 4.69) is 62.0 Å². The van der Waals surface area contributed by atoms with Gasteiger partial charge in [-0.1, -0.05) is 35.2 Å². The van der Waals surface area contributed by atoms with Crippen molar-refractivity contribution in [2.24, 2.45) is 5.73 Å². The van der Waals surface area contributed by atoms with Gasteiger partial charge in [-0.25, -0.2) is 0 Å². The molecule has 3 N–H and O–H groups in total. The van der Waals surface area contributed by atoms with Crippen molar-refractivity contribution in [2.75, 3.05) is 12.4 Å². The first-order valence-electron chi connectivity index (χ1n) is 6.47. The Balaban J connectivity index is 0.000000771. The van der Waals surface area contributed by atoms with Gasteiger partial charge in [-0.3, -0.25) is 0 Å². The van der Waals surface area contributed by atoms with Gasteiger partial charge in [0.2, 0.25) is 0 Å². The zero-order valence-corrected chi connectivity index (χ0v) is 14.3. The fraction of sp³-hybridized carbons (Fsp3) is 0.571. The van der Waals surface area contributed by atoms with Gasteiger partial charge in [0.05, 0.1) is 5.69 Å². The summed E-state index contributed by atoms with van der Waals surface area (Å²) in [5, 5.41) is 3.68. The Kier molecular flexibility index (Phi) is 7.27. The lowest BCUT2D eigenvalue weighted by Gasteiger charge is -2.25. The van der Waals surface area contributed by atoms with E-state index in [1.54, 1.807) is 0 Å². The van der Waals surface area contributed by atoms with Gasteiger partial charge < -0.3 is 11.1 Å². The average molecular weight is 378 g/mol. The highest BCUT2D eigenvalue weighted by Crippen LogP contribution is 2.32. The molecule has 1 fully saturated rings. The number of halogens is 2. The maximum absolute atomic E-state index is 4.50. The molecule has 1 aromatic rings. The Morgan fingerprint density at radius 2 is 1.72 bits per heavy atom. The maximum Gasteiger partial charge on any atom is 0.0517 e. The van der Waals surface area contributed by atoms with Crippen molar-refractivity contribution in [3.8, 4) is 0 Å².